The lowest BCUT2D eigenvalue weighted by molar-refractivity contribution is -0.137. The Bertz CT molecular complexity index is 700. The van der Waals surface area contributed by atoms with E-state index in [0.29, 0.717) is 10.7 Å². The molecule has 9 heteroatoms. The number of carbonyl (C=O) groups excluding carboxylic acids is 1. The van der Waals surface area contributed by atoms with Crippen molar-refractivity contribution < 1.29 is 22.7 Å². The van der Waals surface area contributed by atoms with E-state index in [0.717, 1.165) is 6.07 Å². The molecule has 0 spiro atoms. The third-order valence-electron chi connectivity index (χ3n) is 2.56. The highest BCUT2D eigenvalue weighted by Gasteiger charge is 2.32. The van der Waals surface area contributed by atoms with Gasteiger partial charge in [0.25, 0.3) is 0 Å². The number of aromatic nitrogens is 2. The number of alkyl halides is 3. The van der Waals surface area contributed by atoms with Crippen LogP contribution in [0.2, 0.25) is 5.02 Å². The maximum atomic E-state index is 12.6. The third-order valence-corrected chi connectivity index (χ3v) is 3.27. The lowest BCUT2D eigenvalue weighted by Crippen LogP contribution is -2.11. The Balaban J connectivity index is 2.56. The van der Waals surface area contributed by atoms with E-state index in [1.165, 1.54) is 23.9 Å². The van der Waals surface area contributed by atoms with Gasteiger partial charge >= 0.3 is 12.1 Å². The van der Waals surface area contributed by atoms with E-state index in [4.69, 9.17) is 11.6 Å². The van der Waals surface area contributed by atoms with Crippen molar-refractivity contribution in [3.8, 4) is 5.82 Å². The second kappa shape index (κ2) is 5.69. The normalized spacial score (nSPS) is 11.5. The Kier molecular flexibility index (Phi) is 4.29. The fraction of sp³-hybridized carbons (Fsp3) is 0.167. The minimum absolute atomic E-state index is 0.00392. The Morgan fingerprint density at radius 1 is 1.43 bits per heavy atom. The number of pyridine rings is 1. The number of halogens is 5. The van der Waals surface area contributed by atoms with Crippen molar-refractivity contribution in [1.82, 2.24) is 9.55 Å². The average Bonchev–Trinajstić information content (AvgIpc) is 2.78. The van der Waals surface area contributed by atoms with Crippen molar-refractivity contribution in [3.05, 3.63) is 45.3 Å². The van der Waals surface area contributed by atoms with Crippen LogP contribution in [0, 0.1) is 0 Å². The second-order valence-corrected chi connectivity index (χ2v) is 5.26. The minimum Gasteiger partial charge on any atom is -0.464 e. The van der Waals surface area contributed by atoms with Crippen LogP contribution in [0.3, 0.4) is 0 Å². The molecular weight excluding hydrogens is 376 g/mol. The molecule has 0 unspecified atom stereocenters. The largest absolute Gasteiger partial charge is 0.464 e. The van der Waals surface area contributed by atoms with Crippen LogP contribution in [0.25, 0.3) is 5.82 Å². The minimum atomic E-state index is -4.54. The van der Waals surface area contributed by atoms with Crippen molar-refractivity contribution in [2.75, 3.05) is 7.11 Å². The van der Waals surface area contributed by atoms with Crippen molar-refractivity contribution in [1.29, 1.82) is 0 Å². The molecule has 0 aliphatic heterocycles. The summed E-state index contributed by atoms with van der Waals surface area (Å²) < 4.78 is 44.1. The monoisotopic (exact) mass is 382 g/mol. The summed E-state index contributed by atoms with van der Waals surface area (Å²) in [6, 6.07) is 2.19. The van der Waals surface area contributed by atoms with E-state index in [1.807, 2.05) is 0 Å². The zero-order chi connectivity index (χ0) is 15.8. The molecule has 2 rings (SSSR count). The summed E-state index contributed by atoms with van der Waals surface area (Å²) in [6.07, 6.45) is -2.44. The first-order valence-corrected chi connectivity index (χ1v) is 6.60. The lowest BCUT2D eigenvalue weighted by Gasteiger charge is -2.11. The number of hydrogen-bond donors (Lipinski definition) is 0. The standard InChI is InChI=1S/C12H7BrClF3N2O2/c1-21-11(20)9-3-7(13)5-19(9)10-8(14)2-6(4-18-10)12(15,16)17/h2-5H,1H3. The molecule has 0 amide bonds. The first-order chi connectivity index (χ1) is 9.74. The lowest BCUT2D eigenvalue weighted by atomic mass is 10.2. The molecule has 21 heavy (non-hydrogen) atoms. The fourth-order valence-electron chi connectivity index (χ4n) is 1.63. The average molecular weight is 384 g/mol. The van der Waals surface area contributed by atoms with Gasteiger partial charge in [-0.25, -0.2) is 9.78 Å². The molecular formula is C12H7BrClF3N2O2. The summed E-state index contributed by atoms with van der Waals surface area (Å²) >= 11 is 9.02. The number of esters is 1. The molecule has 112 valence electrons. The van der Waals surface area contributed by atoms with Crippen LogP contribution in [-0.2, 0) is 10.9 Å². The third kappa shape index (κ3) is 3.21. The van der Waals surface area contributed by atoms with Gasteiger partial charge in [-0.3, -0.25) is 4.57 Å². The van der Waals surface area contributed by atoms with Crippen molar-refractivity contribution >= 4 is 33.5 Å². The van der Waals surface area contributed by atoms with Crippen LogP contribution in [0.5, 0.6) is 0 Å². The molecule has 4 nitrogen and oxygen atoms in total. The highest BCUT2D eigenvalue weighted by atomic mass is 79.9. The summed E-state index contributed by atoms with van der Waals surface area (Å²) in [6.45, 7) is 0. The molecule has 0 fully saturated rings. The summed E-state index contributed by atoms with van der Waals surface area (Å²) in [5.41, 5.74) is -0.888. The molecule has 2 heterocycles. The Labute approximate surface area is 130 Å². The highest BCUT2D eigenvalue weighted by Crippen LogP contribution is 2.32. The van der Waals surface area contributed by atoms with Crippen LogP contribution < -0.4 is 0 Å². The Morgan fingerprint density at radius 3 is 2.62 bits per heavy atom. The van der Waals surface area contributed by atoms with E-state index in [-0.39, 0.29) is 16.5 Å². The summed E-state index contributed by atoms with van der Waals surface area (Å²) in [5.74, 6) is -0.672. The molecule has 2 aromatic heterocycles. The van der Waals surface area contributed by atoms with E-state index in [9.17, 15) is 18.0 Å². The Morgan fingerprint density at radius 2 is 2.10 bits per heavy atom. The number of rotatable bonds is 2. The van der Waals surface area contributed by atoms with Gasteiger partial charge in [-0.2, -0.15) is 13.2 Å². The molecule has 0 saturated carbocycles. The number of carbonyl (C=O) groups is 1. The predicted molar refractivity (Wildman–Crippen MR) is 72.6 cm³/mol. The fourth-order valence-corrected chi connectivity index (χ4v) is 2.31. The number of nitrogens with zero attached hydrogens (tertiary/aromatic N) is 2. The smallest absolute Gasteiger partial charge is 0.417 e. The zero-order valence-corrected chi connectivity index (χ0v) is 12.8. The summed E-state index contributed by atoms with van der Waals surface area (Å²) in [7, 11) is 1.19. The summed E-state index contributed by atoms with van der Waals surface area (Å²) in [5, 5.41) is -0.238. The number of methoxy groups -OCH3 is 1. The topological polar surface area (TPSA) is 44.1 Å². The van der Waals surface area contributed by atoms with Crippen molar-refractivity contribution in [3.63, 3.8) is 0 Å². The maximum absolute atomic E-state index is 12.6. The van der Waals surface area contributed by atoms with Gasteiger partial charge in [0.05, 0.1) is 17.7 Å². The van der Waals surface area contributed by atoms with Gasteiger partial charge < -0.3 is 4.74 Å². The van der Waals surface area contributed by atoms with Crippen LogP contribution in [0.1, 0.15) is 16.1 Å². The van der Waals surface area contributed by atoms with Crippen molar-refractivity contribution in [2.24, 2.45) is 0 Å². The second-order valence-electron chi connectivity index (χ2n) is 3.93. The van der Waals surface area contributed by atoms with Gasteiger partial charge in [0.2, 0.25) is 0 Å². The van der Waals surface area contributed by atoms with Crippen molar-refractivity contribution in [2.45, 2.75) is 6.18 Å². The van der Waals surface area contributed by atoms with E-state index in [1.54, 1.807) is 0 Å². The molecule has 0 radical (unpaired) electrons. The van der Waals surface area contributed by atoms with Gasteiger partial charge in [-0.05, 0) is 28.1 Å². The van der Waals surface area contributed by atoms with Gasteiger partial charge in [-0.15, -0.1) is 0 Å². The SMILES string of the molecule is COC(=O)c1cc(Br)cn1-c1ncc(C(F)(F)F)cc1Cl. The Hall–Kier alpha value is -1.54. The van der Waals surface area contributed by atoms with E-state index >= 15 is 0 Å². The molecule has 0 aliphatic rings. The van der Waals surface area contributed by atoms with Gasteiger partial charge in [-0.1, -0.05) is 11.6 Å². The number of ether oxygens (including phenoxy) is 1. The van der Waals surface area contributed by atoms with Crippen LogP contribution >= 0.6 is 27.5 Å². The number of hydrogen-bond acceptors (Lipinski definition) is 3. The zero-order valence-electron chi connectivity index (χ0n) is 10.4. The molecule has 0 aliphatic carbocycles. The van der Waals surface area contributed by atoms with E-state index in [2.05, 4.69) is 25.7 Å². The molecule has 0 atom stereocenters. The molecule has 2 aromatic rings. The first-order valence-electron chi connectivity index (χ1n) is 5.43. The molecule has 0 N–H and O–H groups in total. The van der Waals surface area contributed by atoms with Crippen LogP contribution in [0.15, 0.2) is 29.0 Å². The quantitative estimate of drug-likeness (QED) is 0.734. The predicted octanol–water partition coefficient (Wildman–Crippen LogP) is 4.09. The van der Waals surface area contributed by atoms with Gasteiger partial charge in [0.1, 0.15) is 5.69 Å². The molecule has 0 aromatic carbocycles. The highest BCUT2D eigenvalue weighted by molar-refractivity contribution is 9.10. The van der Waals surface area contributed by atoms with E-state index < -0.39 is 17.7 Å². The summed E-state index contributed by atoms with van der Waals surface area (Å²) in [4.78, 5) is 15.3. The molecule has 0 saturated heterocycles. The molecule has 0 bridgehead atoms. The van der Waals surface area contributed by atoms with Gasteiger partial charge in [0.15, 0.2) is 5.82 Å². The van der Waals surface area contributed by atoms with Gasteiger partial charge in [0, 0.05) is 16.9 Å². The van der Waals surface area contributed by atoms with Crippen LogP contribution in [0.4, 0.5) is 13.2 Å². The van der Waals surface area contributed by atoms with Crippen LogP contribution in [-0.4, -0.2) is 22.6 Å². The maximum Gasteiger partial charge on any atom is 0.417 e. The first kappa shape index (κ1) is 15.8.